The zero-order valence-corrected chi connectivity index (χ0v) is 14.6. The molecular formula is C21H28N2O2. The summed E-state index contributed by atoms with van der Waals surface area (Å²) in [7, 11) is 0. The van der Waals surface area contributed by atoms with Crippen LogP contribution >= 0.6 is 0 Å². The van der Waals surface area contributed by atoms with Gasteiger partial charge in [0, 0.05) is 0 Å². The quantitative estimate of drug-likeness (QED) is 0.677. The summed E-state index contributed by atoms with van der Waals surface area (Å²) >= 11 is 0. The summed E-state index contributed by atoms with van der Waals surface area (Å²) in [6, 6.07) is 4.52. The van der Waals surface area contributed by atoms with E-state index in [1.807, 2.05) is 0 Å². The van der Waals surface area contributed by atoms with Crippen molar-refractivity contribution in [2.45, 2.75) is 38.5 Å². The van der Waals surface area contributed by atoms with E-state index in [4.69, 9.17) is 16.6 Å². The van der Waals surface area contributed by atoms with Crippen molar-refractivity contribution >= 4 is 17.3 Å². The van der Waals surface area contributed by atoms with Gasteiger partial charge in [0.25, 0.3) is 0 Å². The van der Waals surface area contributed by atoms with E-state index in [9.17, 15) is 4.79 Å². The van der Waals surface area contributed by atoms with Gasteiger partial charge in [0.05, 0.1) is 16.9 Å². The lowest BCUT2D eigenvalue weighted by Gasteiger charge is -2.69. The first-order valence-electron chi connectivity index (χ1n) is 9.90. The largest absolute Gasteiger partial charge is 0.478 e. The van der Waals surface area contributed by atoms with Crippen molar-refractivity contribution in [2.24, 2.45) is 47.3 Å². The summed E-state index contributed by atoms with van der Waals surface area (Å²) in [4.78, 5) is 10.4. The van der Waals surface area contributed by atoms with E-state index < -0.39 is 5.97 Å². The number of anilines is 2. The fraction of sp³-hybridized carbons (Fsp3) is 0.667. The predicted octanol–water partition coefficient (Wildman–Crippen LogP) is 3.87. The Bertz CT molecular complexity index is 628. The molecule has 0 radical (unpaired) electrons. The number of hydrogen-bond donors (Lipinski definition) is 3. The molecule has 0 heterocycles. The predicted molar refractivity (Wildman–Crippen MR) is 97.8 cm³/mol. The lowest BCUT2D eigenvalue weighted by molar-refractivity contribution is -0.202. The van der Waals surface area contributed by atoms with E-state index >= 15 is 0 Å². The third-order valence-corrected chi connectivity index (χ3v) is 8.30. The molecule has 4 nitrogen and oxygen atoms in total. The van der Waals surface area contributed by atoms with Crippen LogP contribution in [0.15, 0.2) is 18.2 Å². The maximum Gasteiger partial charge on any atom is 0.337 e. The highest BCUT2D eigenvalue weighted by Gasteiger charge is 2.63. The molecule has 7 aliphatic rings. The van der Waals surface area contributed by atoms with Crippen LogP contribution in [0.2, 0.25) is 0 Å². The minimum atomic E-state index is -1.06. The Balaban J connectivity index is 0.000000117. The first kappa shape index (κ1) is 15.5. The summed E-state index contributed by atoms with van der Waals surface area (Å²) < 4.78 is 0. The number of nitrogens with two attached hydrogens (primary N) is 2. The van der Waals surface area contributed by atoms with Crippen molar-refractivity contribution in [1.29, 1.82) is 0 Å². The van der Waals surface area contributed by atoms with Gasteiger partial charge in [-0.15, -0.1) is 0 Å². The standard InChI is InChI=1S/C14H20.C7H8N2O2/c1-7-2-12-10-4-8-5-11(9(1)10)13(3-7)14(12)6-8;8-5-3-1-2-4(6(5)9)7(10)11/h7-14H,1-6H2;1-3H,8-9H2,(H,10,11). The molecule has 0 saturated heterocycles. The van der Waals surface area contributed by atoms with Crippen LogP contribution in [0.5, 0.6) is 0 Å². The highest BCUT2D eigenvalue weighted by atomic mass is 16.4. The van der Waals surface area contributed by atoms with Gasteiger partial charge in [-0.05, 0) is 98.0 Å². The second-order valence-electron chi connectivity index (χ2n) is 9.24. The van der Waals surface area contributed by atoms with Crippen LogP contribution in [0.4, 0.5) is 11.4 Å². The van der Waals surface area contributed by atoms with Gasteiger partial charge in [-0.3, -0.25) is 0 Å². The average molecular weight is 340 g/mol. The molecule has 7 fully saturated rings. The van der Waals surface area contributed by atoms with Gasteiger partial charge in [0.2, 0.25) is 0 Å². The number of carboxylic acids is 1. The molecule has 8 rings (SSSR count). The molecule has 1 aromatic carbocycles. The van der Waals surface area contributed by atoms with Gasteiger partial charge in [-0.25, -0.2) is 4.79 Å². The van der Waals surface area contributed by atoms with Crippen LogP contribution in [0, 0.1) is 47.3 Å². The van der Waals surface area contributed by atoms with Crippen molar-refractivity contribution in [3.63, 3.8) is 0 Å². The molecule has 4 heteroatoms. The molecule has 25 heavy (non-hydrogen) atoms. The van der Waals surface area contributed by atoms with Gasteiger partial charge in [0.1, 0.15) is 0 Å². The molecular weight excluding hydrogens is 312 g/mol. The van der Waals surface area contributed by atoms with Crippen molar-refractivity contribution in [3.8, 4) is 0 Å². The molecule has 0 unspecified atom stereocenters. The molecule has 0 aliphatic heterocycles. The maximum atomic E-state index is 10.4. The number of hydrogen-bond acceptors (Lipinski definition) is 3. The van der Waals surface area contributed by atoms with E-state index in [1.54, 1.807) is 50.7 Å². The molecule has 0 atom stereocenters. The highest BCUT2D eigenvalue weighted by Crippen LogP contribution is 2.71. The van der Waals surface area contributed by atoms with Gasteiger partial charge in [0.15, 0.2) is 0 Å². The Kier molecular flexibility index (Phi) is 3.35. The Morgan fingerprint density at radius 1 is 0.800 bits per heavy atom. The number of rotatable bonds is 1. The van der Waals surface area contributed by atoms with E-state index in [-0.39, 0.29) is 11.3 Å². The summed E-state index contributed by atoms with van der Waals surface area (Å²) in [6.45, 7) is 0. The number of para-hydroxylation sites is 1. The lowest BCUT2D eigenvalue weighted by atomic mass is 9.36. The first-order valence-corrected chi connectivity index (χ1v) is 9.90. The Morgan fingerprint density at radius 3 is 1.52 bits per heavy atom. The Morgan fingerprint density at radius 2 is 1.20 bits per heavy atom. The van der Waals surface area contributed by atoms with Gasteiger partial charge < -0.3 is 16.6 Å². The molecule has 0 aromatic heterocycles. The van der Waals surface area contributed by atoms with E-state index in [2.05, 4.69) is 0 Å². The molecule has 5 N–H and O–H groups in total. The van der Waals surface area contributed by atoms with Crippen LogP contribution in [0.3, 0.4) is 0 Å². The number of aromatic carboxylic acids is 1. The molecule has 7 aliphatic carbocycles. The van der Waals surface area contributed by atoms with Gasteiger partial charge in [-0.2, -0.15) is 0 Å². The summed E-state index contributed by atoms with van der Waals surface area (Å²) in [5.74, 6) is 8.68. The topological polar surface area (TPSA) is 89.3 Å². The van der Waals surface area contributed by atoms with Crippen LogP contribution in [0.25, 0.3) is 0 Å². The third kappa shape index (κ3) is 2.22. The fourth-order valence-corrected chi connectivity index (χ4v) is 7.66. The second kappa shape index (κ2) is 5.39. The van der Waals surface area contributed by atoms with Crippen molar-refractivity contribution in [3.05, 3.63) is 23.8 Å². The van der Waals surface area contributed by atoms with E-state index in [1.165, 1.54) is 53.4 Å². The average Bonchev–Trinajstić information content (AvgIpc) is 2.61. The summed E-state index contributed by atoms with van der Waals surface area (Å²) in [5, 5.41) is 8.55. The molecule has 8 bridgehead atoms. The monoisotopic (exact) mass is 340 g/mol. The Labute approximate surface area is 149 Å². The second-order valence-corrected chi connectivity index (χ2v) is 9.24. The van der Waals surface area contributed by atoms with Gasteiger partial charge in [-0.1, -0.05) is 6.07 Å². The molecule has 0 amide bonds. The van der Waals surface area contributed by atoms with Gasteiger partial charge >= 0.3 is 5.97 Å². The molecule has 1 aromatic rings. The van der Waals surface area contributed by atoms with Crippen LogP contribution in [-0.2, 0) is 0 Å². The highest BCUT2D eigenvalue weighted by molar-refractivity contribution is 5.96. The maximum absolute atomic E-state index is 10.4. The number of benzene rings is 1. The number of carboxylic acid groups (broad SMARTS) is 1. The van der Waals surface area contributed by atoms with E-state index in [0.29, 0.717) is 5.69 Å². The fourth-order valence-electron chi connectivity index (χ4n) is 7.66. The number of nitrogen functional groups attached to an aromatic ring is 2. The zero-order valence-electron chi connectivity index (χ0n) is 14.6. The number of carbonyl (C=O) groups is 1. The zero-order chi connectivity index (χ0) is 17.3. The van der Waals surface area contributed by atoms with Crippen molar-refractivity contribution in [1.82, 2.24) is 0 Å². The smallest absolute Gasteiger partial charge is 0.337 e. The Hall–Kier alpha value is -1.71. The summed E-state index contributed by atoms with van der Waals surface area (Å²) in [6.07, 6.45) is 9.93. The van der Waals surface area contributed by atoms with E-state index in [0.717, 1.165) is 0 Å². The minimum absolute atomic E-state index is 0.0463. The van der Waals surface area contributed by atoms with Crippen molar-refractivity contribution in [2.75, 3.05) is 11.5 Å². The van der Waals surface area contributed by atoms with Crippen LogP contribution in [0.1, 0.15) is 48.9 Å². The summed E-state index contributed by atoms with van der Waals surface area (Å²) in [5.41, 5.74) is 11.2. The normalized spacial score (nSPS) is 44.5. The van der Waals surface area contributed by atoms with Crippen LogP contribution in [-0.4, -0.2) is 11.1 Å². The van der Waals surface area contributed by atoms with Crippen molar-refractivity contribution < 1.29 is 9.90 Å². The molecule has 7 saturated carbocycles. The third-order valence-electron chi connectivity index (χ3n) is 8.30. The first-order chi connectivity index (χ1) is 12.0. The molecule has 134 valence electrons. The lowest BCUT2D eigenvalue weighted by Crippen LogP contribution is -2.62. The van der Waals surface area contributed by atoms with Crippen LogP contribution < -0.4 is 11.5 Å². The SMILES string of the molecule is C1C2CC3C4CC5CC(C14)C(C2)C3C5.Nc1cccc(C(=O)O)c1N. The minimum Gasteiger partial charge on any atom is -0.478 e. The molecule has 0 spiro atoms.